The zero-order valence-corrected chi connectivity index (χ0v) is 11.7. The smallest absolute Gasteiger partial charge is 0.195 e. The molecule has 0 aliphatic carbocycles. The van der Waals surface area contributed by atoms with E-state index in [9.17, 15) is 0 Å². The number of aryl methyl sites for hydroxylation is 1. The lowest BCUT2D eigenvalue weighted by Crippen LogP contribution is -1.94. The van der Waals surface area contributed by atoms with Crippen molar-refractivity contribution in [1.29, 1.82) is 5.26 Å². The molecule has 4 nitrogen and oxygen atoms in total. The highest BCUT2D eigenvalue weighted by Gasteiger charge is 2.11. The summed E-state index contributed by atoms with van der Waals surface area (Å²) in [7, 11) is 1.90. The Labute approximate surface area is 112 Å². The summed E-state index contributed by atoms with van der Waals surface area (Å²) in [5.74, 6) is 0.848. The summed E-state index contributed by atoms with van der Waals surface area (Å²) in [6.45, 7) is 1.89. The van der Waals surface area contributed by atoms with Crippen LogP contribution in [0.5, 0.6) is 0 Å². The molecule has 0 saturated heterocycles. The average Bonchev–Trinajstić information content (AvgIpc) is 2.61. The summed E-state index contributed by atoms with van der Waals surface area (Å²) in [5, 5.41) is 17.9. The fourth-order valence-electron chi connectivity index (χ4n) is 1.27. The molecule has 1 aromatic heterocycles. The Kier molecular flexibility index (Phi) is 3.50. The Balaban J connectivity index is 2.41. The van der Waals surface area contributed by atoms with Crippen molar-refractivity contribution in [3.63, 3.8) is 0 Å². The molecule has 0 unspecified atom stereocenters. The molecular formula is C11H9BrN4S. The van der Waals surface area contributed by atoms with Gasteiger partial charge in [0.25, 0.3) is 0 Å². The van der Waals surface area contributed by atoms with E-state index < -0.39 is 0 Å². The molecule has 0 N–H and O–H groups in total. The van der Waals surface area contributed by atoms with Gasteiger partial charge in [0.05, 0.1) is 5.56 Å². The van der Waals surface area contributed by atoms with Crippen molar-refractivity contribution < 1.29 is 0 Å². The van der Waals surface area contributed by atoms with E-state index in [0.717, 1.165) is 20.3 Å². The molecule has 86 valence electrons. The molecule has 1 aromatic carbocycles. The van der Waals surface area contributed by atoms with Crippen LogP contribution in [0.1, 0.15) is 11.4 Å². The zero-order chi connectivity index (χ0) is 12.4. The molecule has 17 heavy (non-hydrogen) atoms. The average molecular weight is 309 g/mol. The first-order valence-electron chi connectivity index (χ1n) is 4.86. The Morgan fingerprint density at radius 3 is 2.76 bits per heavy atom. The van der Waals surface area contributed by atoms with Crippen molar-refractivity contribution >= 4 is 27.7 Å². The van der Waals surface area contributed by atoms with Crippen molar-refractivity contribution in [1.82, 2.24) is 14.8 Å². The standard InChI is InChI=1S/C11H9BrN4S/c1-7-14-15-11(16(7)2)17-10-5-3-4-9(12)8(10)6-13/h3-5H,1-2H3. The maximum atomic E-state index is 9.12. The quantitative estimate of drug-likeness (QED) is 0.856. The second-order valence-electron chi connectivity index (χ2n) is 3.42. The van der Waals surface area contributed by atoms with Crippen LogP contribution in [0.3, 0.4) is 0 Å². The van der Waals surface area contributed by atoms with E-state index in [-0.39, 0.29) is 0 Å². The normalized spacial score (nSPS) is 10.2. The van der Waals surface area contributed by atoms with Crippen LogP contribution < -0.4 is 0 Å². The van der Waals surface area contributed by atoms with Gasteiger partial charge < -0.3 is 4.57 Å². The van der Waals surface area contributed by atoms with Crippen molar-refractivity contribution in [2.75, 3.05) is 0 Å². The minimum atomic E-state index is 0.623. The second kappa shape index (κ2) is 4.90. The second-order valence-corrected chi connectivity index (χ2v) is 5.28. The van der Waals surface area contributed by atoms with Crippen molar-refractivity contribution in [2.24, 2.45) is 7.05 Å². The van der Waals surface area contributed by atoms with Crippen molar-refractivity contribution in [3.8, 4) is 6.07 Å². The predicted octanol–water partition coefficient (Wildman–Crippen LogP) is 2.91. The van der Waals surface area contributed by atoms with Gasteiger partial charge >= 0.3 is 0 Å². The van der Waals surface area contributed by atoms with Gasteiger partial charge in [-0.25, -0.2) is 0 Å². The highest BCUT2D eigenvalue weighted by Crippen LogP contribution is 2.32. The number of nitriles is 1. The molecule has 0 amide bonds. The lowest BCUT2D eigenvalue weighted by atomic mass is 10.2. The van der Waals surface area contributed by atoms with Crippen LogP contribution in [-0.4, -0.2) is 14.8 Å². The maximum Gasteiger partial charge on any atom is 0.195 e. The zero-order valence-electron chi connectivity index (χ0n) is 9.31. The highest BCUT2D eigenvalue weighted by molar-refractivity contribution is 9.10. The molecule has 0 fully saturated rings. The molecule has 0 aliphatic rings. The van der Waals surface area contributed by atoms with E-state index in [1.807, 2.05) is 36.7 Å². The van der Waals surface area contributed by atoms with Crippen molar-refractivity contribution in [2.45, 2.75) is 17.0 Å². The van der Waals surface area contributed by atoms with Gasteiger partial charge in [-0.3, -0.25) is 0 Å². The number of hydrogen-bond acceptors (Lipinski definition) is 4. The Bertz CT molecular complexity index is 600. The van der Waals surface area contributed by atoms with E-state index in [0.29, 0.717) is 5.56 Å². The minimum absolute atomic E-state index is 0.623. The third-order valence-corrected chi connectivity index (χ3v) is 4.10. The van der Waals surface area contributed by atoms with Gasteiger partial charge in [0.1, 0.15) is 11.9 Å². The summed E-state index contributed by atoms with van der Waals surface area (Å²) in [4.78, 5) is 0.873. The van der Waals surface area contributed by atoms with Crippen LogP contribution in [0.25, 0.3) is 0 Å². The Hall–Kier alpha value is -1.32. The predicted molar refractivity (Wildman–Crippen MR) is 68.7 cm³/mol. The third-order valence-electron chi connectivity index (χ3n) is 2.34. The van der Waals surface area contributed by atoms with E-state index in [1.165, 1.54) is 11.8 Å². The molecule has 0 aliphatic heterocycles. The molecule has 2 rings (SSSR count). The summed E-state index contributed by atoms with van der Waals surface area (Å²) in [6.07, 6.45) is 0. The fourth-order valence-corrected chi connectivity index (χ4v) is 2.81. The van der Waals surface area contributed by atoms with Gasteiger partial charge in [-0.15, -0.1) is 10.2 Å². The topological polar surface area (TPSA) is 54.5 Å². The molecule has 0 spiro atoms. The molecule has 1 heterocycles. The van der Waals surface area contributed by atoms with E-state index in [1.54, 1.807) is 0 Å². The number of halogens is 1. The summed E-state index contributed by atoms with van der Waals surface area (Å²) >= 11 is 4.80. The van der Waals surface area contributed by atoms with Gasteiger partial charge in [-0.1, -0.05) is 6.07 Å². The molecule has 0 bridgehead atoms. The summed E-state index contributed by atoms with van der Waals surface area (Å²) in [6, 6.07) is 7.84. The number of hydrogen-bond donors (Lipinski definition) is 0. The molecular weight excluding hydrogens is 300 g/mol. The molecule has 0 radical (unpaired) electrons. The molecule has 6 heteroatoms. The van der Waals surface area contributed by atoms with Gasteiger partial charge in [0.15, 0.2) is 5.16 Å². The molecule has 0 saturated carbocycles. The molecule has 0 atom stereocenters. The maximum absolute atomic E-state index is 9.12. The fraction of sp³-hybridized carbons (Fsp3) is 0.182. The molecule has 2 aromatic rings. The first kappa shape index (κ1) is 12.1. The lowest BCUT2D eigenvalue weighted by Gasteiger charge is -2.04. The van der Waals surface area contributed by atoms with Crippen LogP contribution in [-0.2, 0) is 7.05 Å². The van der Waals surface area contributed by atoms with Crippen LogP contribution in [0.4, 0.5) is 0 Å². The van der Waals surface area contributed by atoms with Crippen molar-refractivity contribution in [3.05, 3.63) is 34.1 Å². The van der Waals surface area contributed by atoms with Crippen LogP contribution in [0.15, 0.2) is 32.7 Å². The number of rotatable bonds is 2. The Morgan fingerprint density at radius 1 is 1.41 bits per heavy atom. The third kappa shape index (κ3) is 2.35. The highest BCUT2D eigenvalue weighted by atomic mass is 79.9. The Morgan fingerprint density at radius 2 is 2.18 bits per heavy atom. The van der Waals surface area contributed by atoms with E-state index in [2.05, 4.69) is 32.2 Å². The van der Waals surface area contributed by atoms with Gasteiger partial charge in [-0.05, 0) is 46.7 Å². The van der Waals surface area contributed by atoms with Crippen LogP contribution in [0.2, 0.25) is 0 Å². The van der Waals surface area contributed by atoms with Gasteiger partial charge in [-0.2, -0.15) is 5.26 Å². The largest absolute Gasteiger partial charge is 0.309 e. The number of benzene rings is 1. The first-order valence-corrected chi connectivity index (χ1v) is 6.47. The van der Waals surface area contributed by atoms with Gasteiger partial charge in [0.2, 0.25) is 0 Å². The van der Waals surface area contributed by atoms with Crippen LogP contribution in [0, 0.1) is 18.3 Å². The SMILES string of the molecule is Cc1nnc(Sc2cccc(Br)c2C#N)n1C. The van der Waals surface area contributed by atoms with E-state index in [4.69, 9.17) is 5.26 Å². The lowest BCUT2D eigenvalue weighted by molar-refractivity contribution is 0.765. The first-order chi connectivity index (χ1) is 8.13. The van der Waals surface area contributed by atoms with Gasteiger partial charge in [0, 0.05) is 16.4 Å². The monoisotopic (exact) mass is 308 g/mol. The number of aromatic nitrogens is 3. The summed E-state index contributed by atoms with van der Waals surface area (Å²) in [5.41, 5.74) is 0.623. The summed E-state index contributed by atoms with van der Waals surface area (Å²) < 4.78 is 2.69. The number of nitrogens with zero attached hydrogens (tertiary/aromatic N) is 4. The van der Waals surface area contributed by atoms with Crippen LogP contribution >= 0.6 is 27.7 Å². The van der Waals surface area contributed by atoms with E-state index >= 15 is 0 Å². The minimum Gasteiger partial charge on any atom is -0.309 e.